The van der Waals surface area contributed by atoms with Gasteiger partial charge in [-0.1, -0.05) is 6.07 Å². The second-order valence-corrected chi connectivity index (χ2v) is 4.38. The number of aromatic nitrogens is 3. The number of hydrogen-bond donors (Lipinski definition) is 1. The lowest BCUT2D eigenvalue weighted by atomic mass is 10.3. The number of rotatable bonds is 3. The molecular formula is C11H12N4OS. The summed E-state index contributed by atoms with van der Waals surface area (Å²) in [5, 5.41) is 3.55. The molecule has 0 bridgehead atoms. The molecule has 2 aromatic heterocycles. The Morgan fingerprint density at radius 1 is 1.47 bits per heavy atom. The number of carbonyl (C=O) groups excluding carboxylic acids is 1. The van der Waals surface area contributed by atoms with Gasteiger partial charge >= 0.3 is 0 Å². The second-order valence-electron chi connectivity index (χ2n) is 3.59. The first kappa shape index (κ1) is 11.7. The van der Waals surface area contributed by atoms with E-state index in [4.69, 9.17) is 0 Å². The Morgan fingerprint density at radius 3 is 2.94 bits per heavy atom. The molecule has 0 aliphatic rings. The number of nitrogens with one attached hydrogen (secondary N) is 1. The first-order chi connectivity index (χ1) is 8.16. The third-order valence-electron chi connectivity index (χ3n) is 2.13. The lowest BCUT2D eigenvalue weighted by Gasteiger charge is -2.07. The van der Waals surface area contributed by atoms with Crippen molar-refractivity contribution in [2.45, 2.75) is 19.9 Å². The Bertz CT molecular complexity index is 511. The summed E-state index contributed by atoms with van der Waals surface area (Å²) in [7, 11) is 0. The van der Waals surface area contributed by atoms with Crippen LogP contribution in [-0.4, -0.2) is 20.2 Å². The van der Waals surface area contributed by atoms with Crippen LogP contribution in [0.2, 0.25) is 0 Å². The number of pyridine rings is 1. The molecule has 88 valence electrons. The van der Waals surface area contributed by atoms with Gasteiger partial charge in [0.25, 0.3) is 0 Å². The van der Waals surface area contributed by atoms with Crippen LogP contribution in [-0.2, 0) is 4.79 Å². The largest absolute Gasteiger partial charge is 0.347 e. The molecule has 6 heteroatoms. The van der Waals surface area contributed by atoms with E-state index in [1.807, 2.05) is 25.1 Å². The standard InChI is InChI=1S/C11H12N4OS/c1-7(13-8(2)16)11-14-10(15-17-11)9-5-3-4-6-12-9/h3-7H,1-2H3,(H,13,16). The van der Waals surface area contributed by atoms with Crippen molar-refractivity contribution in [3.8, 4) is 11.5 Å². The molecule has 0 aromatic carbocycles. The number of nitrogens with zero attached hydrogens (tertiary/aromatic N) is 3. The summed E-state index contributed by atoms with van der Waals surface area (Å²) in [6.07, 6.45) is 1.70. The number of amides is 1. The monoisotopic (exact) mass is 248 g/mol. The van der Waals surface area contributed by atoms with Gasteiger partial charge in [-0.2, -0.15) is 4.37 Å². The highest BCUT2D eigenvalue weighted by molar-refractivity contribution is 7.05. The van der Waals surface area contributed by atoms with Gasteiger partial charge in [-0.25, -0.2) is 4.98 Å². The highest BCUT2D eigenvalue weighted by Crippen LogP contribution is 2.20. The summed E-state index contributed by atoms with van der Waals surface area (Å²) < 4.78 is 4.23. The van der Waals surface area contributed by atoms with Gasteiger partial charge in [0.15, 0.2) is 5.82 Å². The summed E-state index contributed by atoms with van der Waals surface area (Å²) >= 11 is 1.28. The maximum Gasteiger partial charge on any atom is 0.217 e. The van der Waals surface area contributed by atoms with Gasteiger partial charge < -0.3 is 5.32 Å². The van der Waals surface area contributed by atoms with Crippen molar-refractivity contribution in [2.75, 3.05) is 0 Å². The Hall–Kier alpha value is -1.82. The molecular weight excluding hydrogens is 236 g/mol. The first-order valence-electron chi connectivity index (χ1n) is 5.19. The van der Waals surface area contributed by atoms with Crippen molar-refractivity contribution in [1.82, 2.24) is 19.7 Å². The predicted octanol–water partition coefficient (Wildman–Crippen LogP) is 1.80. The van der Waals surface area contributed by atoms with E-state index in [0.717, 1.165) is 10.7 Å². The average Bonchev–Trinajstić information content (AvgIpc) is 2.78. The van der Waals surface area contributed by atoms with E-state index in [-0.39, 0.29) is 11.9 Å². The molecule has 0 radical (unpaired) electrons. The molecule has 1 unspecified atom stereocenters. The molecule has 0 fully saturated rings. The predicted molar refractivity (Wildman–Crippen MR) is 65.4 cm³/mol. The smallest absolute Gasteiger partial charge is 0.217 e. The molecule has 0 saturated carbocycles. The van der Waals surface area contributed by atoms with E-state index in [0.29, 0.717) is 5.82 Å². The van der Waals surface area contributed by atoms with Crippen LogP contribution in [0, 0.1) is 0 Å². The summed E-state index contributed by atoms with van der Waals surface area (Å²) in [5.74, 6) is 0.523. The molecule has 0 spiro atoms. The fourth-order valence-corrected chi connectivity index (χ4v) is 2.04. The highest BCUT2D eigenvalue weighted by atomic mass is 32.1. The first-order valence-corrected chi connectivity index (χ1v) is 5.96. The van der Waals surface area contributed by atoms with Crippen molar-refractivity contribution in [3.63, 3.8) is 0 Å². The van der Waals surface area contributed by atoms with Gasteiger partial charge in [0.05, 0.1) is 6.04 Å². The molecule has 1 amide bonds. The van der Waals surface area contributed by atoms with Gasteiger partial charge in [0.2, 0.25) is 5.91 Å². The van der Waals surface area contributed by atoms with Crippen molar-refractivity contribution < 1.29 is 4.79 Å². The minimum atomic E-state index is -0.123. The molecule has 1 N–H and O–H groups in total. The molecule has 5 nitrogen and oxygen atoms in total. The lowest BCUT2D eigenvalue weighted by molar-refractivity contribution is -0.119. The van der Waals surface area contributed by atoms with Crippen molar-refractivity contribution >= 4 is 17.4 Å². The molecule has 2 heterocycles. The van der Waals surface area contributed by atoms with E-state index < -0.39 is 0 Å². The van der Waals surface area contributed by atoms with Crippen LogP contribution in [0.3, 0.4) is 0 Å². The van der Waals surface area contributed by atoms with Gasteiger partial charge in [-0.15, -0.1) is 0 Å². The molecule has 0 aliphatic carbocycles. The molecule has 0 aliphatic heterocycles. The van der Waals surface area contributed by atoms with Gasteiger partial charge in [-0.3, -0.25) is 9.78 Å². The minimum absolute atomic E-state index is 0.0768. The lowest BCUT2D eigenvalue weighted by Crippen LogP contribution is -2.23. The van der Waals surface area contributed by atoms with E-state index in [9.17, 15) is 4.79 Å². The summed E-state index contributed by atoms with van der Waals surface area (Å²) in [5.41, 5.74) is 0.741. The van der Waals surface area contributed by atoms with Gasteiger partial charge in [-0.05, 0) is 30.6 Å². The van der Waals surface area contributed by atoms with Crippen LogP contribution in [0.15, 0.2) is 24.4 Å². The maximum absolute atomic E-state index is 10.9. The van der Waals surface area contributed by atoms with Crippen LogP contribution in [0.5, 0.6) is 0 Å². The van der Waals surface area contributed by atoms with Crippen LogP contribution >= 0.6 is 11.5 Å². The third kappa shape index (κ3) is 2.85. The normalized spacial score (nSPS) is 12.1. The molecule has 2 aromatic rings. The second kappa shape index (κ2) is 5.01. The van der Waals surface area contributed by atoms with Crippen LogP contribution in [0.25, 0.3) is 11.5 Å². The average molecular weight is 248 g/mol. The van der Waals surface area contributed by atoms with Crippen LogP contribution in [0.1, 0.15) is 24.9 Å². The highest BCUT2D eigenvalue weighted by Gasteiger charge is 2.13. The van der Waals surface area contributed by atoms with E-state index in [2.05, 4.69) is 19.7 Å². The van der Waals surface area contributed by atoms with Crippen molar-refractivity contribution in [1.29, 1.82) is 0 Å². The van der Waals surface area contributed by atoms with Crippen molar-refractivity contribution in [2.24, 2.45) is 0 Å². The zero-order valence-electron chi connectivity index (χ0n) is 9.54. The fraction of sp³-hybridized carbons (Fsp3) is 0.273. The van der Waals surface area contributed by atoms with E-state index in [1.54, 1.807) is 6.20 Å². The zero-order chi connectivity index (χ0) is 12.3. The Balaban J connectivity index is 2.19. The van der Waals surface area contributed by atoms with Crippen LogP contribution in [0.4, 0.5) is 0 Å². The van der Waals surface area contributed by atoms with E-state index in [1.165, 1.54) is 18.5 Å². The third-order valence-corrected chi connectivity index (χ3v) is 3.02. The van der Waals surface area contributed by atoms with Crippen molar-refractivity contribution in [3.05, 3.63) is 29.4 Å². The number of hydrogen-bond acceptors (Lipinski definition) is 5. The number of carbonyl (C=O) groups is 1. The van der Waals surface area contributed by atoms with Gasteiger partial charge in [0.1, 0.15) is 10.7 Å². The summed E-state index contributed by atoms with van der Waals surface area (Å²) in [6.45, 7) is 3.36. The topological polar surface area (TPSA) is 67.8 Å². The van der Waals surface area contributed by atoms with Crippen LogP contribution < -0.4 is 5.32 Å². The molecule has 1 atom stereocenters. The Kier molecular flexibility index (Phi) is 3.43. The van der Waals surface area contributed by atoms with E-state index >= 15 is 0 Å². The quantitative estimate of drug-likeness (QED) is 0.899. The zero-order valence-corrected chi connectivity index (χ0v) is 10.4. The molecule has 0 saturated heterocycles. The minimum Gasteiger partial charge on any atom is -0.347 e. The SMILES string of the molecule is CC(=O)NC(C)c1nc(-c2ccccn2)ns1. The van der Waals surface area contributed by atoms with Gasteiger partial charge in [0, 0.05) is 13.1 Å². The Labute approximate surface area is 103 Å². The summed E-state index contributed by atoms with van der Waals surface area (Å²) in [6, 6.07) is 5.47. The maximum atomic E-state index is 10.9. The summed E-state index contributed by atoms with van der Waals surface area (Å²) in [4.78, 5) is 19.5. The molecule has 17 heavy (non-hydrogen) atoms. The Morgan fingerprint density at radius 2 is 2.29 bits per heavy atom. The molecule has 2 rings (SSSR count). The fourth-order valence-electron chi connectivity index (χ4n) is 1.38.